The van der Waals surface area contributed by atoms with Crippen molar-refractivity contribution in [1.29, 1.82) is 0 Å². The van der Waals surface area contributed by atoms with Crippen molar-refractivity contribution >= 4 is 40.8 Å². The molecule has 0 atom stereocenters. The predicted octanol–water partition coefficient (Wildman–Crippen LogP) is 0.602. The zero-order valence-electron chi connectivity index (χ0n) is 9.45. The Morgan fingerprint density at radius 1 is 1.35 bits per heavy atom. The van der Waals surface area contributed by atoms with Gasteiger partial charge in [0.15, 0.2) is 0 Å². The van der Waals surface area contributed by atoms with Crippen LogP contribution in [-0.4, -0.2) is 31.8 Å². The van der Waals surface area contributed by atoms with Crippen molar-refractivity contribution in [3.8, 4) is 0 Å². The summed E-state index contributed by atoms with van der Waals surface area (Å²) in [6.07, 6.45) is 1.54. The van der Waals surface area contributed by atoms with Crippen LogP contribution >= 0.6 is 24.8 Å². The zero-order chi connectivity index (χ0) is 11.5. The van der Waals surface area contributed by atoms with Gasteiger partial charge in [-0.3, -0.25) is 4.72 Å². The van der Waals surface area contributed by atoms with Crippen LogP contribution in [0.2, 0.25) is 0 Å². The average molecular weight is 303 g/mol. The van der Waals surface area contributed by atoms with E-state index in [4.69, 9.17) is 5.73 Å². The van der Waals surface area contributed by atoms with E-state index in [1.165, 1.54) is 20.3 Å². The lowest BCUT2D eigenvalue weighted by Gasteiger charge is -2.12. The first-order valence-corrected chi connectivity index (χ1v) is 5.75. The van der Waals surface area contributed by atoms with Gasteiger partial charge in [-0.25, -0.2) is 4.98 Å². The van der Waals surface area contributed by atoms with Crippen molar-refractivity contribution in [2.24, 2.45) is 5.73 Å². The molecule has 0 saturated carbocycles. The number of pyridine rings is 1. The van der Waals surface area contributed by atoms with Crippen LogP contribution in [0, 0.1) is 0 Å². The van der Waals surface area contributed by atoms with Gasteiger partial charge in [-0.1, -0.05) is 6.07 Å². The number of hydrogen-bond donors (Lipinski definition) is 2. The molecule has 6 nitrogen and oxygen atoms in total. The third-order valence-electron chi connectivity index (χ3n) is 1.77. The summed E-state index contributed by atoms with van der Waals surface area (Å²) in [5.41, 5.74) is 6.24. The minimum Gasteiger partial charge on any atom is -0.326 e. The van der Waals surface area contributed by atoms with Gasteiger partial charge in [0.1, 0.15) is 5.82 Å². The van der Waals surface area contributed by atoms with Gasteiger partial charge in [0, 0.05) is 26.8 Å². The molecule has 0 spiro atoms. The van der Waals surface area contributed by atoms with Gasteiger partial charge in [-0.2, -0.15) is 12.7 Å². The first-order chi connectivity index (χ1) is 6.95. The summed E-state index contributed by atoms with van der Waals surface area (Å²) >= 11 is 0. The standard InChI is InChI=1S/C8H14N4O2S.2ClH/c1-12(2)15(13,14)11-8-4-3-7(5-9)6-10-8;;/h3-4,6H,5,9H2,1-2H3,(H,10,11);2*1H. The van der Waals surface area contributed by atoms with Crippen LogP contribution in [0.25, 0.3) is 0 Å². The summed E-state index contributed by atoms with van der Waals surface area (Å²) < 4.78 is 26.2. The van der Waals surface area contributed by atoms with Crippen molar-refractivity contribution in [3.05, 3.63) is 23.9 Å². The molecular formula is C8H16Cl2N4O2S. The maximum atomic E-state index is 11.4. The molecular weight excluding hydrogens is 287 g/mol. The SMILES string of the molecule is CN(C)S(=O)(=O)Nc1ccc(CN)cn1.Cl.Cl. The lowest BCUT2D eigenvalue weighted by molar-refractivity contribution is 0.526. The van der Waals surface area contributed by atoms with Crippen LogP contribution in [0.1, 0.15) is 5.56 Å². The number of hydrogen-bond acceptors (Lipinski definition) is 4. The second kappa shape index (κ2) is 7.67. The fourth-order valence-corrected chi connectivity index (χ4v) is 1.40. The fraction of sp³-hybridized carbons (Fsp3) is 0.375. The van der Waals surface area contributed by atoms with Gasteiger partial charge in [0.2, 0.25) is 0 Å². The van der Waals surface area contributed by atoms with Crippen LogP contribution in [0.3, 0.4) is 0 Å². The molecule has 3 N–H and O–H groups in total. The summed E-state index contributed by atoms with van der Waals surface area (Å²) in [6, 6.07) is 3.30. The van der Waals surface area contributed by atoms with Crippen LogP contribution in [-0.2, 0) is 16.8 Å². The topological polar surface area (TPSA) is 88.3 Å². The van der Waals surface area contributed by atoms with Gasteiger partial charge < -0.3 is 5.73 Å². The summed E-state index contributed by atoms with van der Waals surface area (Å²) in [4.78, 5) is 3.92. The molecule has 1 heterocycles. The molecule has 1 aromatic rings. The minimum atomic E-state index is -3.48. The minimum absolute atomic E-state index is 0. The maximum absolute atomic E-state index is 11.4. The smallest absolute Gasteiger partial charge is 0.302 e. The summed E-state index contributed by atoms with van der Waals surface area (Å²) in [7, 11) is -0.599. The number of aromatic nitrogens is 1. The second-order valence-corrected chi connectivity index (χ2v) is 5.03. The molecule has 17 heavy (non-hydrogen) atoms. The van der Waals surface area contributed by atoms with Crippen molar-refractivity contribution in [1.82, 2.24) is 9.29 Å². The van der Waals surface area contributed by atoms with Gasteiger partial charge in [-0.05, 0) is 11.6 Å². The summed E-state index contributed by atoms with van der Waals surface area (Å²) in [5, 5.41) is 0. The van der Waals surface area contributed by atoms with Crippen LogP contribution in [0.15, 0.2) is 18.3 Å². The highest BCUT2D eigenvalue weighted by Crippen LogP contribution is 2.07. The number of anilines is 1. The Labute approximate surface area is 114 Å². The quantitative estimate of drug-likeness (QED) is 0.852. The Hall–Kier alpha value is -0.600. The molecule has 1 rings (SSSR count). The predicted molar refractivity (Wildman–Crippen MR) is 72.9 cm³/mol. The highest BCUT2D eigenvalue weighted by Gasteiger charge is 2.13. The van der Waals surface area contributed by atoms with Crippen molar-refractivity contribution in [3.63, 3.8) is 0 Å². The molecule has 0 saturated heterocycles. The molecule has 0 aliphatic carbocycles. The molecule has 0 bridgehead atoms. The Kier molecular flexibility index (Phi) is 8.47. The molecule has 9 heteroatoms. The lowest BCUT2D eigenvalue weighted by Crippen LogP contribution is -2.29. The maximum Gasteiger partial charge on any atom is 0.302 e. The molecule has 0 aliphatic rings. The van der Waals surface area contributed by atoms with E-state index >= 15 is 0 Å². The second-order valence-electron chi connectivity index (χ2n) is 3.15. The van der Waals surface area contributed by atoms with Crippen LogP contribution in [0.4, 0.5) is 5.82 Å². The Morgan fingerprint density at radius 2 is 1.94 bits per heavy atom. The number of rotatable bonds is 4. The van der Waals surface area contributed by atoms with Crippen molar-refractivity contribution in [2.45, 2.75) is 6.54 Å². The summed E-state index contributed by atoms with van der Waals surface area (Å²) in [5.74, 6) is 0.279. The normalized spacial score (nSPS) is 10.4. The zero-order valence-corrected chi connectivity index (χ0v) is 11.9. The average Bonchev–Trinajstić information content (AvgIpc) is 2.18. The van der Waals surface area contributed by atoms with Crippen molar-refractivity contribution in [2.75, 3.05) is 18.8 Å². The molecule has 0 amide bonds. The Bertz CT molecular complexity index is 422. The van der Waals surface area contributed by atoms with Crippen molar-refractivity contribution < 1.29 is 8.42 Å². The Balaban J connectivity index is 0. The number of nitrogens with two attached hydrogens (primary N) is 1. The molecule has 0 aliphatic heterocycles. The third kappa shape index (κ3) is 5.51. The number of nitrogens with one attached hydrogen (secondary N) is 1. The van der Waals surface area contributed by atoms with E-state index in [9.17, 15) is 8.42 Å². The van der Waals surface area contributed by atoms with E-state index in [1.807, 2.05) is 0 Å². The monoisotopic (exact) mass is 302 g/mol. The van der Waals surface area contributed by atoms with E-state index in [0.717, 1.165) is 9.87 Å². The van der Waals surface area contributed by atoms with Gasteiger partial charge in [0.25, 0.3) is 0 Å². The number of halogens is 2. The van der Waals surface area contributed by atoms with E-state index in [1.54, 1.807) is 12.1 Å². The first kappa shape index (κ1) is 18.8. The molecule has 0 radical (unpaired) electrons. The van der Waals surface area contributed by atoms with Crippen LogP contribution in [0.5, 0.6) is 0 Å². The van der Waals surface area contributed by atoms with Gasteiger partial charge in [0.05, 0.1) is 0 Å². The third-order valence-corrected chi connectivity index (χ3v) is 3.20. The Morgan fingerprint density at radius 3 is 2.29 bits per heavy atom. The van der Waals surface area contributed by atoms with Crippen LogP contribution < -0.4 is 10.5 Å². The number of nitrogens with zero attached hydrogens (tertiary/aromatic N) is 2. The van der Waals surface area contributed by atoms with E-state index in [0.29, 0.717) is 6.54 Å². The summed E-state index contributed by atoms with van der Waals surface area (Å²) in [6.45, 7) is 0.383. The van der Waals surface area contributed by atoms with E-state index in [2.05, 4.69) is 9.71 Å². The fourth-order valence-electron chi connectivity index (χ4n) is 0.829. The molecule has 100 valence electrons. The van der Waals surface area contributed by atoms with Gasteiger partial charge in [-0.15, -0.1) is 24.8 Å². The molecule has 1 aromatic heterocycles. The van der Waals surface area contributed by atoms with E-state index < -0.39 is 10.2 Å². The molecule has 0 fully saturated rings. The van der Waals surface area contributed by atoms with Gasteiger partial charge >= 0.3 is 10.2 Å². The largest absolute Gasteiger partial charge is 0.326 e. The molecule has 0 unspecified atom stereocenters. The highest BCUT2D eigenvalue weighted by molar-refractivity contribution is 7.90. The highest BCUT2D eigenvalue weighted by atomic mass is 35.5. The lowest BCUT2D eigenvalue weighted by atomic mass is 10.3. The first-order valence-electron chi connectivity index (χ1n) is 4.31. The molecule has 0 aromatic carbocycles. The van der Waals surface area contributed by atoms with E-state index in [-0.39, 0.29) is 30.6 Å².